The van der Waals surface area contributed by atoms with Gasteiger partial charge in [-0.05, 0) is 29.0 Å². The number of oxime groups is 1. The molecular formula is C24H17F7N2O3. The highest BCUT2D eigenvalue weighted by molar-refractivity contribution is 6.16. The van der Waals surface area contributed by atoms with Gasteiger partial charge in [-0.1, -0.05) is 41.6 Å². The normalized spacial score (nSPS) is 18.2. The Morgan fingerprint density at radius 3 is 2.36 bits per heavy atom. The molecule has 0 fully saturated rings. The van der Waals surface area contributed by atoms with Crippen molar-refractivity contribution in [3.63, 3.8) is 0 Å². The van der Waals surface area contributed by atoms with Crippen molar-refractivity contribution in [3.05, 3.63) is 82.7 Å². The van der Waals surface area contributed by atoms with Crippen LogP contribution in [0.5, 0.6) is 0 Å². The minimum Gasteiger partial charge on any atom is -0.395 e. The molecule has 36 heavy (non-hydrogen) atoms. The van der Waals surface area contributed by atoms with Crippen LogP contribution in [0.15, 0.2) is 59.8 Å². The lowest BCUT2D eigenvalue weighted by Crippen LogP contribution is -2.43. The van der Waals surface area contributed by atoms with Gasteiger partial charge in [-0.3, -0.25) is 4.79 Å². The number of halogens is 7. The average molecular weight is 514 g/mol. The van der Waals surface area contributed by atoms with Crippen molar-refractivity contribution >= 4 is 22.4 Å². The standard InChI is InChI=1S/C24H17F7N2O3/c25-19-8-5-13(11-18(19)23(26,27)28)22(24(29,30)31)12-20(33-36-22)16-6-7-17(21(35)32-9-10-34)15-4-2-1-3-14(15)16/h1-8,11,34H,9-10,12H2,(H,32,35). The van der Waals surface area contributed by atoms with Crippen LogP contribution in [0.1, 0.15) is 33.5 Å². The maximum Gasteiger partial charge on any atom is 0.435 e. The molecule has 3 aromatic carbocycles. The zero-order valence-corrected chi connectivity index (χ0v) is 18.2. The van der Waals surface area contributed by atoms with E-state index in [0.717, 1.165) is 0 Å². The summed E-state index contributed by atoms with van der Waals surface area (Å²) in [5.74, 6) is -2.24. The zero-order valence-electron chi connectivity index (χ0n) is 18.2. The van der Waals surface area contributed by atoms with E-state index in [9.17, 15) is 35.5 Å². The molecule has 1 amide bonds. The van der Waals surface area contributed by atoms with Gasteiger partial charge in [0.15, 0.2) is 0 Å². The third-order valence-corrected chi connectivity index (χ3v) is 5.80. The van der Waals surface area contributed by atoms with Gasteiger partial charge >= 0.3 is 12.4 Å². The number of nitrogens with zero attached hydrogens (tertiary/aromatic N) is 1. The van der Waals surface area contributed by atoms with Crippen LogP contribution in [0.3, 0.4) is 0 Å². The first-order chi connectivity index (χ1) is 16.9. The molecule has 0 radical (unpaired) electrons. The van der Waals surface area contributed by atoms with Crippen molar-refractivity contribution in [2.75, 3.05) is 13.2 Å². The molecule has 0 bridgehead atoms. The van der Waals surface area contributed by atoms with Crippen LogP contribution in [0, 0.1) is 5.82 Å². The van der Waals surface area contributed by atoms with E-state index in [4.69, 9.17) is 9.94 Å². The van der Waals surface area contributed by atoms with Gasteiger partial charge in [-0.2, -0.15) is 26.3 Å². The number of rotatable bonds is 5. The number of fused-ring (bicyclic) bond motifs is 1. The summed E-state index contributed by atoms with van der Waals surface area (Å²) >= 11 is 0. The summed E-state index contributed by atoms with van der Waals surface area (Å²) in [4.78, 5) is 17.3. The molecular weight excluding hydrogens is 497 g/mol. The van der Waals surface area contributed by atoms with Crippen molar-refractivity contribution in [1.29, 1.82) is 0 Å². The molecule has 0 saturated carbocycles. The molecule has 0 saturated heterocycles. The van der Waals surface area contributed by atoms with E-state index in [1.54, 1.807) is 24.3 Å². The molecule has 1 aliphatic rings. The van der Waals surface area contributed by atoms with Crippen LogP contribution in [0.4, 0.5) is 30.7 Å². The highest BCUT2D eigenvalue weighted by Crippen LogP contribution is 2.50. The largest absolute Gasteiger partial charge is 0.435 e. The van der Waals surface area contributed by atoms with Crippen LogP contribution in [0.25, 0.3) is 10.8 Å². The SMILES string of the molecule is O=C(NCCO)c1ccc(C2=NOC(c3ccc(F)c(C(F)(F)F)c3)(C(F)(F)F)C2)c2ccccc12. The molecule has 0 spiro atoms. The number of benzene rings is 3. The van der Waals surface area contributed by atoms with Crippen molar-refractivity contribution in [1.82, 2.24) is 5.32 Å². The van der Waals surface area contributed by atoms with Gasteiger partial charge in [0.1, 0.15) is 5.82 Å². The fraction of sp³-hybridized carbons (Fsp3) is 0.250. The maximum atomic E-state index is 14.3. The Bertz CT molecular complexity index is 1350. The second-order valence-corrected chi connectivity index (χ2v) is 8.01. The predicted molar refractivity (Wildman–Crippen MR) is 115 cm³/mol. The predicted octanol–water partition coefficient (Wildman–Crippen LogP) is 5.30. The minimum absolute atomic E-state index is 0.0128. The maximum absolute atomic E-state index is 14.3. The first kappa shape index (κ1) is 25.4. The molecule has 2 N–H and O–H groups in total. The van der Waals surface area contributed by atoms with E-state index < -0.39 is 47.2 Å². The van der Waals surface area contributed by atoms with Crippen LogP contribution >= 0.6 is 0 Å². The number of carbonyl (C=O) groups is 1. The fourth-order valence-electron chi connectivity index (χ4n) is 4.06. The summed E-state index contributed by atoms with van der Waals surface area (Å²) in [7, 11) is 0. The van der Waals surface area contributed by atoms with Gasteiger partial charge in [0, 0.05) is 29.7 Å². The first-order valence-corrected chi connectivity index (χ1v) is 10.5. The lowest BCUT2D eigenvalue weighted by Gasteiger charge is -2.30. The van der Waals surface area contributed by atoms with Crippen molar-refractivity contribution in [3.8, 4) is 0 Å². The molecule has 3 aromatic rings. The molecule has 1 unspecified atom stereocenters. The summed E-state index contributed by atoms with van der Waals surface area (Å²) in [6, 6.07) is 10.00. The van der Waals surface area contributed by atoms with E-state index in [-0.39, 0.29) is 36.1 Å². The van der Waals surface area contributed by atoms with E-state index in [0.29, 0.717) is 22.9 Å². The average Bonchev–Trinajstić information content (AvgIpc) is 3.28. The summed E-state index contributed by atoms with van der Waals surface area (Å²) < 4.78 is 96.2. The Morgan fingerprint density at radius 2 is 1.72 bits per heavy atom. The molecule has 0 aromatic heterocycles. The van der Waals surface area contributed by atoms with E-state index in [1.807, 2.05) is 0 Å². The quantitative estimate of drug-likeness (QED) is 0.454. The lowest BCUT2D eigenvalue weighted by atomic mass is 9.84. The number of carbonyl (C=O) groups excluding carboxylic acids is 1. The summed E-state index contributed by atoms with van der Waals surface area (Å²) in [6.07, 6.45) is -11.4. The summed E-state index contributed by atoms with van der Waals surface area (Å²) in [5, 5.41) is 15.7. The zero-order chi connectivity index (χ0) is 26.3. The van der Waals surface area contributed by atoms with Crippen molar-refractivity contribution in [2.45, 2.75) is 24.4 Å². The summed E-state index contributed by atoms with van der Waals surface area (Å²) in [6.45, 7) is -0.310. The lowest BCUT2D eigenvalue weighted by molar-refractivity contribution is -0.276. The summed E-state index contributed by atoms with van der Waals surface area (Å²) in [5.41, 5.74) is -5.94. The van der Waals surface area contributed by atoms with Crippen LogP contribution < -0.4 is 5.32 Å². The molecule has 1 heterocycles. The second kappa shape index (κ2) is 9.08. The van der Waals surface area contributed by atoms with Gasteiger partial charge in [-0.15, -0.1) is 0 Å². The van der Waals surface area contributed by atoms with Gasteiger partial charge in [0.05, 0.1) is 17.9 Å². The first-order valence-electron chi connectivity index (χ1n) is 10.5. The Morgan fingerprint density at radius 1 is 1.03 bits per heavy atom. The second-order valence-electron chi connectivity index (χ2n) is 8.01. The Labute approximate surface area is 199 Å². The van der Waals surface area contributed by atoms with Crippen LogP contribution in [-0.4, -0.2) is 36.1 Å². The molecule has 190 valence electrons. The van der Waals surface area contributed by atoms with Crippen molar-refractivity contribution < 1.29 is 45.5 Å². The highest BCUT2D eigenvalue weighted by atomic mass is 19.4. The number of aliphatic hydroxyl groups excluding tert-OH is 1. The Hall–Kier alpha value is -3.67. The van der Waals surface area contributed by atoms with Gasteiger partial charge in [-0.25, -0.2) is 4.39 Å². The molecule has 4 rings (SSSR count). The van der Waals surface area contributed by atoms with Crippen molar-refractivity contribution in [2.24, 2.45) is 5.16 Å². The van der Waals surface area contributed by atoms with Crippen LogP contribution in [-0.2, 0) is 16.6 Å². The Kier molecular flexibility index (Phi) is 6.41. The number of alkyl halides is 6. The Balaban J connectivity index is 1.79. The van der Waals surface area contributed by atoms with E-state index in [2.05, 4.69) is 10.5 Å². The molecule has 0 aliphatic carbocycles. The van der Waals surface area contributed by atoms with Gasteiger partial charge < -0.3 is 15.3 Å². The highest BCUT2D eigenvalue weighted by Gasteiger charge is 2.62. The molecule has 5 nitrogen and oxygen atoms in total. The number of amides is 1. The van der Waals surface area contributed by atoms with E-state index in [1.165, 1.54) is 12.1 Å². The number of hydrogen-bond acceptors (Lipinski definition) is 4. The minimum atomic E-state index is -5.22. The van der Waals surface area contributed by atoms with Gasteiger partial charge in [0.25, 0.3) is 11.5 Å². The third-order valence-electron chi connectivity index (χ3n) is 5.80. The molecule has 1 aliphatic heterocycles. The monoisotopic (exact) mass is 514 g/mol. The van der Waals surface area contributed by atoms with Crippen LogP contribution in [0.2, 0.25) is 0 Å². The molecule has 1 atom stereocenters. The number of aliphatic hydroxyl groups is 1. The molecule has 12 heteroatoms. The van der Waals surface area contributed by atoms with E-state index >= 15 is 0 Å². The van der Waals surface area contributed by atoms with Gasteiger partial charge in [0.2, 0.25) is 0 Å². The third kappa shape index (κ3) is 4.36. The number of nitrogens with one attached hydrogen (secondary N) is 1. The smallest absolute Gasteiger partial charge is 0.395 e. The topological polar surface area (TPSA) is 70.9 Å². The number of hydrogen-bond donors (Lipinski definition) is 2. The fourth-order valence-corrected chi connectivity index (χ4v) is 4.06.